The number of rotatable bonds is 7. The third-order valence-electron chi connectivity index (χ3n) is 7.23. The van der Waals surface area contributed by atoms with Crippen molar-refractivity contribution in [2.45, 2.75) is 68.7 Å². The van der Waals surface area contributed by atoms with E-state index < -0.39 is 5.60 Å². The summed E-state index contributed by atoms with van der Waals surface area (Å²) in [4.78, 5) is 17.4. The smallest absolute Gasteiger partial charge is 0.188 e. The number of thiazole rings is 1. The molecule has 0 radical (unpaired) electrons. The van der Waals surface area contributed by atoms with E-state index in [0.717, 1.165) is 59.0 Å². The number of fused-ring (bicyclic) bond motifs is 3. The van der Waals surface area contributed by atoms with Crippen molar-refractivity contribution in [2.75, 3.05) is 17.2 Å². The fourth-order valence-electron chi connectivity index (χ4n) is 5.40. The molecule has 3 aromatic rings. The fourth-order valence-corrected chi connectivity index (χ4v) is 6.37. The van der Waals surface area contributed by atoms with Gasteiger partial charge in [0.15, 0.2) is 5.13 Å². The van der Waals surface area contributed by atoms with Crippen molar-refractivity contribution >= 4 is 39.0 Å². The van der Waals surface area contributed by atoms with Crippen LogP contribution in [0, 0.1) is 11.3 Å². The van der Waals surface area contributed by atoms with Crippen LogP contribution in [0.5, 0.6) is 0 Å². The second-order valence-electron chi connectivity index (χ2n) is 9.46. The van der Waals surface area contributed by atoms with Crippen molar-refractivity contribution in [3.05, 3.63) is 35.5 Å². The number of hydrogen-bond donors (Lipinski definition) is 3. The molecule has 2 unspecified atom stereocenters. The minimum atomic E-state index is -0.676. The summed E-state index contributed by atoms with van der Waals surface area (Å²) in [5, 5.41) is 28.1. The Morgan fingerprint density at radius 1 is 1.24 bits per heavy atom. The molecular weight excluding hydrogens is 434 g/mol. The van der Waals surface area contributed by atoms with Gasteiger partial charge in [-0.15, -0.1) is 0 Å². The number of piperidine rings is 1. The number of aliphatic hydroxyl groups is 1. The summed E-state index contributed by atoms with van der Waals surface area (Å²) >= 11 is 1.48. The molecule has 6 rings (SSSR count). The summed E-state index contributed by atoms with van der Waals surface area (Å²) in [7, 11) is 0. The lowest BCUT2D eigenvalue weighted by atomic mass is 9.97. The van der Waals surface area contributed by atoms with Crippen LogP contribution < -0.4 is 10.6 Å². The Labute approximate surface area is 196 Å². The number of nitrogens with one attached hydrogen (secondary N) is 2. The van der Waals surface area contributed by atoms with Gasteiger partial charge in [0.2, 0.25) is 0 Å². The van der Waals surface area contributed by atoms with Crippen LogP contribution in [0.3, 0.4) is 0 Å². The molecular formula is C24H27N7OS. The maximum atomic E-state index is 10.3. The Kier molecular flexibility index (Phi) is 5.17. The van der Waals surface area contributed by atoms with E-state index in [1.807, 2.05) is 12.1 Å². The summed E-state index contributed by atoms with van der Waals surface area (Å²) in [6.45, 7) is 0.883. The Hall–Kier alpha value is -2.80. The molecule has 9 heteroatoms. The van der Waals surface area contributed by atoms with Crippen molar-refractivity contribution in [2.24, 2.45) is 0 Å². The first-order valence-corrected chi connectivity index (χ1v) is 12.5. The van der Waals surface area contributed by atoms with Gasteiger partial charge in [-0.1, -0.05) is 11.3 Å². The molecule has 3 aliphatic rings. The van der Waals surface area contributed by atoms with Crippen LogP contribution in [-0.4, -0.2) is 49.6 Å². The summed E-state index contributed by atoms with van der Waals surface area (Å²) in [5.41, 5.74) is 0.203. The first-order chi connectivity index (χ1) is 16.1. The molecule has 8 nitrogen and oxygen atoms in total. The van der Waals surface area contributed by atoms with Gasteiger partial charge in [0.05, 0.1) is 16.5 Å². The van der Waals surface area contributed by atoms with E-state index in [1.165, 1.54) is 24.2 Å². The van der Waals surface area contributed by atoms with Crippen LogP contribution in [0.2, 0.25) is 0 Å². The molecule has 1 aliphatic carbocycles. The highest BCUT2D eigenvalue weighted by atomic mass is 32.1. The zero-order valence-electron chi connectivity index (χ0n) is 18.4. The van der Waals surface area contributed by atoms with Gasteiger partial charge in [0.25, 0.3) is 0 Å². The minimum Gasteiger partial charge on any atom is -0.384 e. The first kappa shape index (κ1) is 20.8. The highest BCUT2D eigenvalue weighted by Gasteiger charge is 2.44. The molecule has 33 heavy (non-hydrogen) atoms. The van der Waals surface area contributed by atoms with Gasteiger partial charge in [0.1, 0.15) is 17.2 Å². The van der Waals surface area contributed by atoms with Crippen molar-refractivity contribution < 1.29 is 5.11 Å². The highest BCUT2D eigenvalue weighted by Crippen LogP contribution is 2.48. The summed E-state index contributed by atoms with van der Waals surface area (Å²) < 4.78 is 0. The van der Waals surface area contributed by atoms with Crippen LogP contribution in [-0.2, 0) is 5.60 Å². The highest BCUT2D eigenvalue weighted by molar-refractivity contribution is 7.15. The molecule has 0 aromatic carbocycles. The van der Waals surface area contributed by atoms with Crippen LogP contribution >= 0.6 is 11.3 Å². The van der Waals surface area contributed by atoms with Crippen molar-refractivity contribution in [3.63, 3.8) is 0 Å². The predicted octanol–water partition coefficient (Wildman–Crippen LogP) is 4.13. The van der Waals surface area contributed by atoms with Gasteiger partial charge in [-0.2, -0.15) is 5.26 Å². The minimum absolute atomic E-state index is 0.350. The number of nitriles is 1. The third kappa shape index (κ3) is 4.03. The van der Waals surface area contributed by atoms with E-state index in [2.05, 4.69) is 37.6 Å². The number of nitrogens with zero attached hydrogens (tertiary/aromatic N) is 5. The molecule has 0 spiro atoms. The molecule has 2 saturated heterocycles. The average molecular weight is 462 g/mol. The summed E-state index contributed by atoms with van der Waals surface area (Å²) in [5.74, 6) is 1.54. The van der Waals surface area contributed by atoms with Gasteiger partial charge >= 0.3 is 0 Å². The maximum Gasteiger partial charge on any atom is 0.188 e. The van der Waals surface area contributed by atoms with Gasteiger partial charge in [-0.3, -0.25) is 9.88 Å². The van der Waals surface area contributed by atoms with Crippen LogP contribution in [0.25, 0.3) is 10.9 Å². The Balaban J connectivity index is 1.23. The third-order valence-corrected chi connectivity index (χ3v) is 8.34. The van der Waals surface area contributed by atoms with Crippen LogP contribution in [0.4, 0.5) is 16.8 Å². The fraction of sp³-hybridized carbons (Fsp3) is 0.500. The van der Waals surface area contributed by atoms with Crippen molar-refractivity contribution in [3.8, 4) is 6.07 Å². The van der Waals surface area contributed by atoms with Gasteiger partial charge in [0, 0.05) is 54.9 Å². The topological polar surface area (TPSA) is 110 Å². The van der Waals surface area contributed by atoms with Gasteiger partial charge < -0.3 is 15.7 Å². The van der Waals surface area contributed by atoms with Crippen molar-refractivity contribution in [1.29, 1.82) is 5.26 Å². The Morgan fingerprint density at radius 3 is 2.82 bits per heavy atom. The summed E-state index contributed by atoms with van der Waals surface area (Å²) in [6.07, 6.45) is 10.3. The predicted molar refractivity (Wildman–Crippen MR) is 128 cm³/mol. The van der Waals surface area contributed by atoms with Crippen molar-refractivity contribution in [1.82, 2.24) is 19.9 Å². The molecule has 3 aromatic heterocycles. The Bertz CT molecular complexity index is 1200. The van der Waals surface area contributed by atoms with E-state index in [1.54, 1.807) is 12.4 Å². The molecule has 2 atom stereocenters. The molecule has 2 bridgehead atoms. The quantitative estimate of drug-likeness (QED) is 0.482. The van der Waals surface area contributed by atoms with Crippen LogP contribution in [0.15, 0.2) is 30.6 Å². The molecule has 170 valence electrons. The number of anilines is 3. The number of aromatic nitrogens is 3. The normalized spacial score (nSPS) is 25.6. The lowest BCUT2D eigenvalue weighted by molar-refractivity contribution is 0.136. The molecule has 3 fully saturated rings. The Morgan fingerprint density at radius 2 is 2.06 bits per heavy atom. The van der Waals surface area contributed by atoms with Crippen LogP contribution in [0.1, 0.15) is 49.8 Å². The van der Waals surface area contributed by atoms with Gasteiger partial charge in [-0.05, 0) is 50.7 Å². The standard InChI is InChI=1S/C24H27N7OS/c25-8-2-10-31-16-4-5-17(31)12-15(11-16)28-22-18-3-1-9-26-19(18)13-21(29-22)30-23-27-14-20(33-23)24(32)6-7-24/h1,3,9,13-17,32H,2,4-7,10-12H2,(H2,27,28,29,30). The molecule has 5 heterocycles. The SMILES string of the molecule is N#CCCN1C2CCC1CC(Nc1nc(Nc3ncc(C4(O)CC4)s3)cc3ncccc13)C2. The van der Waals surface area contributed by atoms with E-state index in [9.17, 15) is 5.11 Å². The van der Waals surface area contributed by atoms with E-state index in [4.69, 9.17) is 10.2 Å². The average Bonchev–Trinajstić information content (AvgIpc) is 3.29. The van der Waals surface area contributed by atoms with E-state index in [-0.39, 0.29) is 0 Å². The van der Waals surface area contributed by atoms with Gasteiger partial charge in [-0.25, -0.2) is 9.97 Å². The monoisotopic (exact) mass is 461 g/mol. The number of hydrogen-bond acceptors (Lipinski definition) is 9. The molecule has 2 aliphatic heterocycles. The second-order valence-corrected chi connectivity index (χ2v) is 10.5. The largest absolute Gasteiger partial charge is 0.384 e. The zero-order valence-corrected chi connectivity index (χ0v) is 19.2. The molecule has 3 N–H and O–H groups in total. The lowest BCUT2D eigenvalue weighted by Crippen LogP contribution is -2.47. The zero-order chi connectivity index (χ0) is 22.4. The maximum absolute atomic E-state index is 10.3. The second kappa shape index (κ2) is 8.20. The van der Waals surface area contributed by atoms with E-state index in [0.29, 0.717) is 30.4 Å². The lowest BCUT2D eigenvalue weighted by Gasteiger charge is -2.39. The van der Waals surface area contributed by atoms with E-state index >= 15 is 0 Å². The first-order valence-electron chi connectivity index (χ1n) is 11.7. The molecule has 1 saturated carbocycles. The summed E-state index contributed by atoms with van der Waals surface area (Å²) in [6, 6.07) is 9.68. The molecule has 0 amide bonds. The number of pyridine rings is 2.